The predicted molar refractivity (Wildman–Crippen MR) is 60.6 cm³/mol. The maximum atomic E-state index is 11.2. The first-order valence-corrected chi connectivity index (χ1v) is 6.12. The fourth-order valence-corrected chi connectivity index (χ4v) is 1.90. The van der Waals surface area contributed by atoms with Crippen molar-refractivity contribution >= 4 is 15.9 Å². The zero-order chi connectivity index (χ0) is 12.2. The lowest BCUT2D eigenvalue weighted by molar-refractivity contribution is 0.318. The number of hydrogen-bond acceptors (Lipinski definition) is 4. The molecule has 6 nitrogen and oxygen atoms in total. The number of oxime groups is 1. The molecule has 16 heavy (non-hydrogen) atoms. The topological polar surface area (TPSA) is 105 Å². The monoisotopic (exact) mass is 243 g/mol. The quantitative estimate of drug-likeness (QED) is 0.295. The molecule has 0 aliphatic heterocycles. The van der Waals surface area contributed by atoms with E-state index in [4.69, 9.17) is 10.9 Å². The van der Waals surface area contributed by atoms with Crippen molar-refractivity contribution in [2.24, 2.45) is 10.9 Å². The Balaban J connectivity index is 2.88. The highest BCUT2D eigenvalue weighted by Gasteiger charge is 2.08. The fourth-order valence-electron chi connectivity index (χ4n) is 1.12. The summed E-state index contributed by atoms with van der Waals surface area (Å²) in [6.45, 7) is 0. The van der Waals surface area contributed by atoms with Gasteiger partial charge < -0.3 is 10.9 Å². The first-order valence-electron chi connectivity index (χ1n) is 4.46. The van der Waals surface area contributed by atoms with Crippen molar-refractivity contribution in [1.82, 2.24) is 4.72 Å². The van der Waals surface area contributed by atoms with Crippen LogP contribution in [-0.4, -0.2) is 26.5 Å². The van der Waals surface area contributed by atoms with Crippen LogP contribution in [0, 0.1) is 0 Å². The molecule has 1 aromatic carbocycles. The van der Waals surface area contributed by atoms with Crippen molar-refractivity contribution in [2.75, 3.05) is 7.05 Å². The molecule has 0 unspecified atom stereocenters. The number of rotatable bonds is 4. The third-order valence-corrected chi connectivity index (χ3v) is 3.36. The Kier molecular flexibility index (Phi) is 3.86. The van der Waals surface area contributed by atoms with Crippen LogP contribution in [0.5, 0.6) is 0 Å². The first kappa shape index (κ1) is 12.5. The fraction of sp³-hybridized carbons (Fsp3) is 0.222. The van der Waals surface area contributed by atoms with Gasteiger partial charge in [0.15, 0.2) is 5.84 Å². The van der Waals surface area contributed by atoms with Gasteiger partial charge >= 0.3 is 0 Å². The van der Waals surface area contributed by atoms with Crippen LogP contribution in [-0.2, 0) is 15.8 Å². The van der Waals surface area contributed by atoms with Gasteiger partial charge in [-0.3, -0.25) is 0 Å². The van der Waals surface area contributed by atoms with E-state index < -0.39 is 10.0 Å². The molecule has 0 saturated heterocycles. The molecule has 0 amide bonds. The van der Waals surface area contributed by atoms with Gasteiger partial charge in [0.1, 0.15) is 0 Å². The van der Waals surface area contributed by atoms with Crippen molar-refractivity contribution in [3.8, 4) is 0 Å². The van der Waals surface area contributed by atoms with Gasteiger partial charge in [-0.05, 0) is 12.6 Å². The van der Waals surface area contributed by atoms with Crippen molar-refractivity contribution < 1.29 is 13.6 Å². The number of nitrogens with one attached hydrogen (secondary N) is 1. The second-order valence-corrected chi connectivity index (χ2v) is 5.07. The Morgan fingerprint density at radius 3 is 2.44 bits per heavy atom. The number of sulfonamides is 1. The summed E-state index contributed by atoms with van der Waals surface area (Å²) in [6, 6.07) is 6.41. The van der Waals surface area contributed by atoms with Crippen LogP contribution < -0.4 is 10.5 Å². The van der Waals surface area contributed by atoms with Crippen LogP contribution in [0.25, 0.3) is 0 Å². The second-order valence-electron chi connectivity index (χ2n) is 3.15. The van der Waals surface area contributed by atoms with Crippen LogP contribution in [0.4, 0.5) is 0 Å². The van der Waals surface area contributed by atoms with Gasteiger partial charge in [0.05, 0.1) is 5.75 Å². The summed E-state index contributed by atoms with van der Waals surface area (Å²) in [6.07, 6.45) is 0. The minimum absolute atomic E-state index is 0.0111. The Morgan fingerprint density at radius 1 is 1.44 bits per heavy atom. The van der Waals surface area contributed by atoms with Gasteiger partial charge in [-0.15, -0.1) is 0 Å². The molecule has 0 saturated carbocycles. The minimum atomic E-state index is -3.27. The molecule has 0 aliphatic carbocycles. The number of nitrogens with two attached hydrogens (primary N) is 1. The molecule has 7 heteroatoms. The van der Waals surface area contributed by atoms with E-state index in [0.717, 1.165) is 0 Å². The summed E-state index contributed by atoms with van der Waals surface area (Å²) < 4.78 is 24.7. The van der Waals surface area contributed by atoms with Crippen molar-refractivity contribution in [2.45, 2.75) is 5.75 Å². The smallest absolute Gasteiger partial charge is 0.215 e. The van der Waals surface area contributed by atoms with Crippen LogP contribution in [0.3, 0.4) is 0 Å². The molecule has 0 heterocycles. The second kappa shape index (κ2) is 4.95. The standard InChI is InChI=1S/C9H13N3O3S/c1-11-16(14,15)6-7-2-4-8(5-3-7)9(10)12-13/h2-5,11,13H,6H2,1H3,(H2,10,12). The Hall–Kier alpha value is -1.60. The Bertz CT molecular complexity index is 479. The SMILES string of the molecule is CNS(=O)(=O)Cc1ccc(C(N)=NO)cc1. The summed E-state index contributed by atoms with van der Waals surface area (Å²) in [4.78, 5) is 0. The van der Waals surface area contributed by atoms with Crippen LogP contribution in [0.15, 0.2) is 29.4 Å². The molecular formula is C9H13N3O3S. The molecule has 0 aliphatic rings. The maximum Gasteiger partial charge on any atom is 0.215 e. The average Bonchev–Trinajstić information content (AvgIpc) is 2.28. The Morgan fingerprint density at radius 2 is 2.00 bits per heavy atom. The summed E-state index contributed by atoms with van der Waals surface area (Å²) in [5.41, 5.74) is 6.53. The summed E-state index contributed by atoms with van der Waals surface area (Å²) >= 11 is 0. The summed E-state index contributed by atoms with van der Waals surface area (Å²) in [7, 11) is -1.91. The highest BCUT2D eigenvalue weighted by Crippen LogP contribution is 2.07. The van der Waals surface area contributed by atoms with Gasteiger partial charge in [0, 0.05) is 5.56 Å². The van der Waals surface area contributed by atoms with E-state index >= 15 is 0 Å². The highest BCUT2D eigenvalue weighted by atomic mass is 32.2. The summed E-state index contributed by atoms with van der Waals surface area (Å²) in [5.74, 6) is -0.108. The summed E-state index contributed by atoms with van der Waals surface area (Å²) in [5, 5.41) is 11.3. The zero-order valence-corrected chi connectivity index (χ0v) is 9.53. The van der Waals surface area contributed by atoms with Crippen molar-refractivity contribution in [3.05, 3.63) is 35.4 Å². The molecule has 0 atom stereocenters. The van der Waals surface area contributed by atoms with Gasteiger partial charge in [-0.2, -0.15) is 0 Å². The number of nitrogens with zero attached hydrogens (tertiary/aromatic N) is 1. The van der Waals surface area contributed by atoms with Crippen LogP contribution in [0.1, 0.15) is 11.1 Å². The molecule has 88 valence electrons. The average molecular weight is 243 g/mol. The van der Waals surface area contributed by atoms with E-state index in [1.807, 2.05) is 0 Å². The van der Waals surface area contributed by atoms with E-state index in [9.17, 15) is 8.42 Å². The molecule has 1 rings (SSSR count). The molecule has 4 N–H and O–H groups in total. The lowest BCUT2D eigenvalue weighted by Gasteiger charge is -2.03. The molecule has 0 fully saturated rings. The molecule has 0 bridgehead atoms. The maximum absolute atomic E-state index is 11.2. The van der Waals surface area contributed by atoms with Crippen LogP contribution >= 0.6 is 0 Å². The number of amidine groups is 1. The minimum Gasteiger partial charge on any atom is -0.409 e. The van der Waals surface area contributed by atoms with E-state index in [1.54, 1.807) is 24.3 Å². The molecular weight excluding hydrogens is 230 g/mol. The van der Waals surface area contributed by atoms with Gasteiger partial charge in [0.2, 0.25) is 10.0 Å². The van der Waals surface area contributed by atoms with Crippen LogP contribution in [0.2, 0.25) is 0 Å². The third-order valence-electron chi connectivity index (χ3n) is 2.03. The van der Waals surface area contributed by atoms with Gasteiger partial charge in [0.25, 0.3) is 0 Å². The normalized spacial score (nSPS) is 12.7. The lowest BCUT2D eigenvalue weighted by Crippen LogP contribution is -2.20. The van der Waals surface area contributed by atoms with Gasteiger partial charge in [-0.1, -0.05) is 29.4 Å². The number of hydrogen-bond donors (Lipinski definition) is 3. The van der Waals surface area contributed by atoms with Gasteiger partial charge in [-0.25, -0.2) is 13.1 Å². The van der Waals surface area contributed by atoms with E-state index in [-0.39, 0.29) is 11.6 Å². The third kappa shape index (κ3) is 3.21. The van der Waals surface area contributed by atoms with Crippen molar-refractivity contribution in [1.29, 1.82) is 0 Å². The number of benzene rings is 1. The predicted octanol–water partition coefficient (Wildman–Crippen LogP) is -0.170. The molecule has 1 aromatic rings. The molecule has 0 radical (unpaired) electrons. The molecule has 0 spiro atoms. The largest absolute Gasteiger partial charge is 0.409 e. The van der Waals surface area contributed by atoms with Crippen molar-refractivity contribution in [3.63, 3.8) is 0 Å². The van der Waals surface area contributed by atoms with E-state index in [2.05, 4.69) is 9.88 Å². The Labute approximate surface area is 93.8 Å². The molecule has 0 aromatic heterocycles. The first-order chi connectivity index (χ1) is 7.48. The van der Waals surface area contributed by atoms with E-state index in [1.165, 1.54) is 7.05 Å². The van der Waals surface area contributed by atoms with E-state index in [0.29, 0.717) is 11.1 Å². The lowest BCUT2D eigenvalue weighted by atomic mass is 10.1. The zero-order valence-electron chi connectivity index (χ0n) is 8.71. The highest BCUT2D eigenvalue weighted by molar-refractivity contribution is 7.88.